The molecule has 2 aromatic carbocycles. The van der Waals surface area contributed by atoms with Gasteiger partial charge in [0.1, 0.15) is 6.61 Å². The molecule has 1 amide bonds. The number of aromatic nitrogens is 1. The van der Waals surface area contributed by atoms with Crippen LogP contribution in [0.4, 0.5) is 17.2 Å². The van der Waals surface area contributed by atoms with E-state index in [-0.39, 0.29) is 5.91 Å². The minimum Gasteiger partial charge on any atom is -0.485 e. The van der Waals surface area contributed by atoms with Crippen LogP contribution in [0.3, 0.4) is 0 Å². The predicted octanol–water partition coefficient (Wildman–Crippen LogP) is 4.65. The Morgan fingerprint density at radius 3 is 2.39 bits per heavy atom. The minimum absolute atomic E-state index is 0.158. The van der Waals surface area contributed by atoms with Crippen LogP contribution in [-0.4, -0.2) is 44.0 Å². The second kappa shape index (κ2) is 12.5. The van der Waals surface area contributed by atoms with Gasteiger partial charge in [-0.15, -0.1) is 0 Å². The zero-order chi connectivity index (χ0) is 24.4. The quantitative estimate of drug-likeness (QED) is 0.521. The van der Waals surface area contributed by atoms with Gasteiger partial charge in [-0.25, -0.2) is 4.98 Å². The highest BCUT2D eigenvalue weighted by molar-refractivity contribution is 6.04. The van der Waals surface area contributed by atoms with Crippen LogP contribution in [0.25, 0.3) is 0 Å². The van der Waals surface area contributed by atoms with Crippen LogP contribution in [0, 0.1) is 0 Å². The summed E-state index contributed by atoms with van der Waals surface area (Å²) in [6, 6.07) is 17.0. The van der Waals surface area contributed by atoms with Crippen molar-refractivity contribution >= 4 is 23.1 Å². The number of carbonyl (C=O) groups is 1. The maximum atomic E-state index is 12.9. The second-order valence-electron chi connectivity index (χ2n) is 7.85. The van der Waals surface area contributed by atoms with E-state index in [1.54, 1.807) is 24.4 Å². The molecule has 0 saturated carbocycles. The summed E-state index contributed by atoms with van der Waals surface area (Å²) in [6.07, 6.45) is 1.62. The van der Waals surface area contributed by atoms with E-state index in [1.807, 2.05) is 77.3 Å². The van der Waals surface area contributed by atoms with E-state index >= 15 is 0 Å². The summed E-state index contributed by atoms with van der Waals surface area (Å²) in [4.78, 5) is 20.9. The standard InChI is InChI=1S/C24H29N5O2.C2H6/c1-28(2)15-17-11-18(16-31-22-9-6-10-26-23(22)25)13-20(12-17)27-24(30)19-7-5-8-21(14-19)29(3)4;1-2/h5-14H,15-16H2,1-4H3,(H2,25,26)(H,27,30);1-2H3. The monoisotopic (exact) mass is 449 g/mol. The van der Waals surface area contributed by atoms with Crippen molar-refractivity contribution in [2.24, 2.45) is 0 Å². The molecular formula is C26H35N5O2. The summed E-state index contributed by atoms with van der Waals surface area (Å²) in [7, 11) is 7.90. The summed E-state index contributed by atoms with van der Waals surface area (Å²) in [5.74, 6) is 0.724. The third-order valence-electron chi connectivity index (χ3n) is 4.63. The van der Waals surface area contributed by atoms with Gasteiger partial charge in [-0.05, 0) is 67.7 Å². The SMILES string of the molecule is CC.CN(C)Cc1cc(COc2cccnc2N)cc(NC(=O)c2cccc(N(C)C)c2)c1. The summed E-state index contributed by atoms with van der Waals surface area (Å²) in [6.45, 7) is 5.05. The molecule has 0 aliphatic rings. The first-order valence-electron chi connectivity index (χ1n) is 11.0. The van der Waals surface area contributed by atoms with E-state index in [2.05, 4.69) is 21.3 Å². The van der Waals surface area contributed by atoms with Crippen molar-refractivity contribution in [1.82, 2.24) is 9.88 Å². The third-order valence-corrected chi connectivity index (χ3v) is 4.63. The second-order valence-corrected chi connectivity index (χ2v) is 7.85. The lowest BCUT2D eigenvalue weighted by Crippen LogP contribution is -2.15. The summed E-state index contributed by atoms with van der Waals surface area (Å²) >= 11 is 0. The van der Waals surface area contributed by atoms with E-state index in [0.29, 0.717) is 23.7 Å². The number of ether oxygens (including phenoxy) is 1. The number of carbonyl (C=O) groups excluding carboxylic acids is 1. The Morgan fingerprint density at radius 1 is 1.00 bits per heavy atom. The Bertz CT molecular complexity index is 1050. The molecular weight excluding hydrogens is 414 g/mol. The molecule has 0 fully saturated rings. The van der Waals surface area contributed by atoms with Crippen molar-refractivity contribution in [3.05, 3.63) is 77.5 Å². The van der Waals surface area contributed by atoms with Crippen LogP contribution in [0.2, 0.25) is 0 Å². The molecule has 0 aliphatic heterocycles. The number of benzene rings is 2. The number of hydrogen-bond donors (Lipinski definition) is 2. The largest absolute Gasteiger partial charge is 0.485 e. The molecule has 3 rings (SSSR count). The van der Waals surface area contributed by atoms with Gasteiger partial charge in [-0.2, -0.15) is 0 Å². The maximum absolute atomic E-state index is 12.9. The van der Waals surface area contributed by atoms with Gasteiger partial charge in [-0.3, -0.25) is 4.79 Å². The smallest absolute Gasteiger partial charge is 0.255 e. The molecule has 176 valence electrons. The molecule has 7 heteroatoms. The van der Waals surface area contributed by atoms with Gasteiger partial charge in [0.05, 0.1) is 0 Å². The van der Waals surface area contributed by atoms with Crippen molar-refractivity contribution in [2.75, 3.05) is 44.1 Å². The van der Waals surface area contributed by atoms with Crippen molar-refractivity contribution in [1.29, 1.82) is 0 Å². The number of nitrogen functional groups attached to an aromatic ring is 1. The fourth-order valence-electron chi connectivity index (χ4n) is 3.19. The summed E-state index contributed by atoms with van der Waals surface area (Å²) in [5, 5.41) is 3.02. The molecule has 3 N–H and O–H groups in total. The van der Waals surface area contributed by atoms with Gasteiger partial charge in [0, 0.05) is 43.8 Å². The lowest BCUT2D eigenvalue weighted by Gasteiger charge is -2.16. The summed E-state index contributed by atoms with van der Waals surface area (Å²) in [5.41, 5.74) is 10.2. The van der Waals surface area contributed by atoms with E-state index in [0.717, 1.165) is 29.0 Å². The van der Waals surface area contributed by atoms with Crippen LogP contribution < -0.4 is 20.7 Å². The molecule has 0 aliphatic carbocycles. The summed E-state index contributed by atoms with van der Waals surface area (Å²) < 4.78 is 5.85. The molecule has 0 atom stereocenters. The van der Waals surface area contributed by atoms with Crippen molar-refractivity contribution < 1.29 is 9.53 Å². The Hall–Kier alpha value is -3.58. The van der Waals surface area contributed by atoms with E-state index in [9.17, 15) is 4.79 Å². The van der Waals surface area contributed by atoms with Crippen LogP contribution in [-0.2, 0) is 13.2 Å². The van der Waals surface area contributed by atoms with Gasteiger partial charge < -0.3 is 25.6 Å². The third kappa shape index (κ3) is 7.80. The van der Waals surface area contributed by atoms with Crippen molar-refractivity contribution in [3.63, 3.8) is 0 Å². The Kier molecular flexibility index (Phi) is 9.69. The fourth-order valence-corrected chi connectivity index (χ4v) is 3.19. The van der Waals surface area contributed by atoms with Crippen LogP contribution >= 0.6 is 0 Å². The maximum Gasteiger partial charge on any atom is 0.255 e. The molecule has 0 radical (unpaired) electrons. The first-order chi connectivity index (χ1) is 15.8. The highest BCUT2D eigenvalue weighted by Gasteiger charge is 2.11. The Balaban J connectivity index is 0.00000187. The molecule has 1 aromatic heterocycles. The number of nitrogens with zero attached hydrogens (tertiary/aromatic N) is 3. The molecule has 1 heterocycles. The lowest BCUT2D eigenvalue weighted by molar-refractivity contribution is 0.102. The van der Waals surface area contributed by atoms with Crippen molar-refractivity contribution in [2.45, 2.75) is 27.0 Å². The normalized spacial score (nSPS) is 10.3. The highest BCUT2D eigenvalue weighted by Crippen LogP contribution is 2.22. The Labute approximate surface area is 197 Å². The van der Waals surface area contributed by atoms with E-state index < -0.39 is 0 Å². The van der Waals surface area contributed by atoms with Gasteiger partial charge in [0.2, 0.25) is 0 Å². The molecule has 0 bridgehead atoms. The van der Waals surface area contributed by atoms with Crippen LogP contribution in [0.1, 0.15) is 35.3 Å². The van der Waals surface area contributed by atoms with Crippen LogP contribution in [0.5, 0.6) is 5.75 Å². The molecule has 0 spiro atoms. The molecule has 0 unspecified atom stereocenters. The zero-order valence-electron chi connectivity index (χ0n) is 20.4. The average molecular weight is 450 g/mol. The van der Waals surface area contributed by atoms with E-state index in [1.165, 1.54) is 0 Å². The van der Waals surface area contributed by atoms with Crippen LogP contribution in [0.15, 0.2) is 60.8 Å². The van der Waals surface area contributed by atoms with Gasteiger partial charge >= 0.3 is 0 Å². The first kappa shape index (κ1) is 25.7. The minimum atomic E-state index is -0.158. The van der Waals surface area contributed by atoms with Gasteiger partial charge in [0.15, 0.2) is 11.6 Å². The fraction of sp³-hybridized carbons (Fsp3) is 0.308. The number of rotatable bonds is 8. The lowest BCUT2D eigenvalue weighted by atomic mass is 10.1. The Morgan fingerprint density at radius 2 is 1.73 bits per heavy atom. The number of pyridine rings is 1. The number of hydrogen-bond acceptors (Lipinski definition) is 6. The average Bonchev–Trinajstić information content (AvgIpc) is 2.79. The molecule has 7 nitrogen and oxygen atoms in total. The molecule has 0 saturated heterocycles. The molecule has 33 heavy (non-hydrogen) atoms. The number of amides is 1. The van der Waals surface area contributed by atoms with Crippen molar-refractivity contribution in [3.8, 4) is 5.75 Å². The number of anilines is 3. The number of nitrogens with one attached hydrogen (secondary N) is 1. The topological polar surface area (TPSA) is 83.7 Å². The first-order valence-corrected chi connectivity index (χ1v) is 11.0. The van der Waals surface area contributed by atoms with Gasteiger partial charge in [-0.1, -0.05) is 26.0 Å². The van der Waals surface area contributed by atoms with Gasteiger partial charge in [0.25, 0.3) is 5.91 Å². The predicted molar refractivity (Wildman–Crippen MR) is 137 cm³/mol. The van der Waals surface area contributed by atoms with E-state index in [4.69, 9.17) is 10.5 Å². The highest BCUT2D eigenvalue weighted by atomic mass is 16.5. The number of nitrogens with two attached hydrogens (primary N) is 1. The molecule has 3 aromatic rings. The zero-order valence-corrected chi connectivity index (χ0v) is 20.4.